The smallest absolute Gasteiger partial charge is 0.240 e. The molecule has 0 bridgehead atoms. The maximum atomic E-state index is 14.1. The van der Waals surface area contributed by atoms with Crippen molar-refractivity contribution in [3.63, 3.8) is 0 Å². The van der Waals surface area contributed by atoms with Crippen LogP contribution in [0.3, 0.4) is 0 Å². The van der Waals surface area contributed by atoms with Crippen molar-refractivity contribution in [3.8, 4) is 22.8 Å². The Hall–Kier alpha value is -3.10. The monoisotopic (exact) mass is 495 g/mol. The van der Waals surface area contributed by atoms with E-state index in [1.54, 1.807) is 12.1 Å². The van der Waals surface area contributed by atoms with Crippen LogP contribution in [0.4, 0.5) is 4.39 Å². The van der Waals surface area contributed by atoms with Crippen molar-refractivity contribution in [2.45, 2.75) is 32.9 Å². The van der Waals surface area contributed by atoms with Gasteiger partial charge in [0.2, 0.25) is 5.91 Å². The second kappa shape index (κ2) is 10.1. The SMILES string of the molecule is COc1cc(-c2cc3cc(OCCCN4CC5(COC5)C4)ccc3n2CC(=O)NC(C)C)ccc1F. The van der Waals surface area contributed by atoms with Gasteiger partial charge in [-0.1, -0.05) is 0 Å². The van der Waals surface area contributed by atoms with Crippen LogP contribution in [0.2, 0.25) is 0 Å². The second-order valence-corrected chi connectivity index (χ2v) is 10.3. The molecule has 1 spiro atoms. The van der Waals surface area contributed by atoms with Crippen LogP contribution in [0.25, 0.3) is 22.2 Å². The standard InChI is InChI=1S/C28H34FN3O4/c1-19(2)30-27(33)14-32-24-8-6-22(36-10-4-9-31-15-28(16-31)17-35-18-28)11-21(24)12-25(32)20-5-7-23(29)26(13-20)34-3/h5-8,11-13,19H,4,9-10,14-18H2,1-3H3,(H,30,33). The van der Waals surface area contributed by atoms with E-state index in [4.69, 9.17) is 14.2 Å². The Morgan fingerprint density at radius 2 is 1.97 bits per heavy atom. The van der Waals surface area contributed by atoms with Gasteiger partial charge in [-0.05, 0) is 62.7 Å². The van der Waals surface area contributed by atoms with Crippen LogP contribution in [0.5, 0.6) is 11.5 Å². The van der Waals surface area contributed by atoms with Crippen LogP contribution in [0, 0.1) is 11.2 Å². The summed E-state index contributed by atoms with van der Waals surface area (Å²) in [5.41, 5.74) is 2.94. The third kappa shape index (κ3) is 5.06. The van der Waals surface area contributed by atoms with Crippen molar-refractivity contribution in [1.29, 1.82) is 0 Å². The van der Waals surface area contributed by atoms with Gasteiger partial charge < -0.3 is 29.0 Å². The maximum Gasteiger partial charge on any atom is 0.240 e. The van der Waals surface area contributed by atoms with E-state index in [0.717, 1.165) is 67.2 Å². The fourth-order valence-corrected chi connectivity index (χ4v) is 5.19. The number of methoxy groups -OCH3 is 1. The first-order valence-corrected chi connectivity index (χ1v) is 12.6. The van der Waals surface area contributed by atoms with E-state index < -0.39 is 5.82 Å². The van der Waals surface area contributed by atoms with Crippen LogP contribution < -0.4 is 14.8 Å². The van der Waals surface area contributed by atoms with Crippen LogP contribution in [0.1, 0.15) is 20.3 Å². The van der Waals surface area contributed by atoms with E-state index in [2.05, 4.69) is 10.2 Å². The summed E-state index contributed by atoms with van der Waals surface area (Å²) in [6.07, 6.45) is 0.964. The van der Waals surface area contributed by atoms with Crippen molar-refractivity contribution in [2.24, 2.45) is 5.41 Å². The molecule has 0 saturated carbocycles. The Bertz CT molecular complexity index is 1240. The van der Waals surface area contributed by atoms with Crippen molar-refractivity contribution in [1.82, 2.24) is 14.8 Å². The van der Waals surface area contributed by atoms with E-state index >= 15 is 0 Å². The number of carbonyl (C=O) groups excluding carboxylic acids is 1. The third-order valence-electron chi connectivity index (χ3n) is 6.89. The van der Waals surface area contributed by atoms with Gasteiger partial charge in [0, 0.05) is 53.3 Å². The molecule has 1 aromatic heterocycles. The molecule has 2 aliphatic rings. The van der Waals surface area contributed by atoms with Gasteiger partial charge >= 0.3 is 0 Å². The van der Waals surface area contributed by atoms with E-state index in [-0.39, 0.29) is 24.2 Å². The van der Waals surface area contributed by atoms with Crippen molar-refractivity contribution in [2.75, 3.05) is 46.6 Å². The fraction of sp³-hybridized carbons (Fsp3) is 0.464. The highest BCUT2D eigenvalue weighted by atomic mass is 19.1. The predicted molar refractivity (Wildman–Crippen MR) is 137 cm³/mol. The van der Waals surface area contributed by atoms with Gasteiger partial charge in [0.15, 0.2) is 11.6 Å². The molecule has 0 aliphatic carbocycles. The number of rotatable bonds is 10. The minimum absolute atomic E-state index is 0.0394. The molecular weight excluding hydrogens is 461 g/mol. The van der Waals surface area contributed by atoms with E-state index in [9.17, 15) is 9.18 Å². The molecule has 7 nitrogen and oxygen atoms in total. The number of nitrogens with zero attached hydrogens (tertiary/aromatic N) is 2. The van der Waals surface area contributed by atoms with Gasteiger partial charge in [-0.15, -0.1) is 0 Å². The zero-order valence-electron chi connectivity index (χ0n) is 21.2. The number of ether oxygens (including phenoxy) is 3. The number of amides is 1. The first-order chi connectivity index (χ1) is 17.4. The zero-order chi connectivity index (χ0) is 25.3. The molecule has 0 radical (unpaired) electrons. The number of likely N-dealkylation sites (tertiary alicyclic amines) is 1. The largest absolute Gasteiger partial charge is 0.494 e. The molecule has 2 fully saturated rings. The van der Waals surface area contributed by atoms with Crippen LogP contribution in [-0.2, 0) is 16.1 Å². The number of hydrogen-bond acceptors (Lipinski definition) is 5. The molecule has 2 aromatic carbocycles. The lowest BCUT2D eigenvalue weighted by Crippen LogP contribution is -2.65. The molecule has 1 N–H and O–H groups in total. The minimum atomic E-state index is -0.424. The van der Waals surface area contributed by atoms with Gasteiger partial charge in [0.1, 0.15) is 12.3 Å². The first kappa shape index (κ1) is 24.6. The molecular formula is C28H34FN3O4. The first-order valence-electron chi connectivity index (χ1n) is 12.6. The average molecular weight is 496 g/mol. The summed E-state index contributed by atoms with van der Waals surface area (Å²) >= 11 is 0. The number of halogens is 1. The van der Waals surface area contributed by atoms with E-state index in [1.807, 2.05) is 42.7 Å². The maximum absolute atomic E-state index is 14.1. The average Bonchev–Trinajstić information content (AvgIpc) is 3.13. The molecule has 8 heteroatoms. The zero-order valence-corrected chi connectivity index (χ0v) is 21.2. The van der Waals surface area contributed by atoms with Crippen molar-refractivity contribution < 1.29 is 23.4 Å². The molecule has 3 aromatic rings. The van der Waals surface area contributed by atoms with Crippen LogP contribution in [0.15, 0.2) is 42.5 Å². The summed E-state index contributed by atoms with van der Waals surface area (Å²) in [5.74, 6) is 0.450. The van der Waals surface area contributed by atoms with E-state index in [1.165, 1.54) is 13.2 Å². The summed E-state index contributed by atoms with van der Waals surface area (Å²) < 4.78 is 32.6. The summed E-state index contributed by atoms with van der Waals surface area (Å²) in [6, 6.07) is 12.7. The predicted octanol–water partition coefficient (Wildman–Crippen LogP) is 4.08. The number of carbonyl (C=O) groups is 1. The Kier molecular flexibility index (Phi) is 6.90. The van der Waals surface area contributed by atoms with Gasteiger partial charge in [-0.3, -0.25) is 4.79 Å². The summed E-state index contributed by atoms with van der Waals surface area (Å²) in [5, 5.41) is 3.91. The Morgan fingerprint density at radius 3 is 2.67 bits per heavy atom. The van der Waals surface area contributed by atoms with Crippen LogP contribution >= 0.6 is 0 Å². The van der Waals surface area contributed by atoms with Crippen LogP contribution in [-0.4, -0.2) is 68.0 Å². The van der Waals surface area contributed by atoms with Crippen molar-refractivity contribution >= 4 is 16.8 Å². The molecule has 2 saturated heterocycles. The summed E-state index contributed by atoms with van der Waals surface area (Å²) in [6.45, 7) is 9.77. The number of benzene rings is 2. The fourth-order valence-electron chi connectivity index (χ4n) is 5.19. The normalized spacial score (nSPS) is 16.7. The Balaban J connectivity index is 1.32. The summed E-state index contributed by atoms with van der Waals surface area (Å²) in [4.78, 5) is 15.1. The van der Waals surface area contributed by atoms with Gasteiger partial charge in [-0.2, -0.15) is 0 Å². The van der Waals surface area contributed by atoms with Crippen molar-refractivity contribution in [3.05, 3.63) is 48.3 Å². The minimum Gasteiger partial charge on any atom is -0.494 e. The number of fused-ring (bicyclic) bond motifs is 1. The van der Waals surface area contributed by atoms with E-state index in [0.29, 0.717) is 12.0 Å². The highest BCUT2D eigenvalue weighted by molar-refractivity contribution is 5.90. The molecule has 0 atom stereocenters. The molecule has 0 unspecified atom stereocenters. The Morgan fingerprint density at radius 1 is 1.17 bits per heavy atom. The molecule has 192 valence electrons. The van der Waals surface area contributed by atoms with Gasteiger partial charge in [-0.25, -0.2) is 4.39 Å². The van der Waals surface area contributed by atoms with Gasteiger partial charge in [0.25, 0.3) is 0 Å². The quantitative estimate of drug-likeness (QED) is 0.430. The lowest BCUT2D eigenvalue weighted by Gasteiger charge is -2.55. The number of nitrogens with one attached hydrogen (secondary N) is 1. The molecule has 5 rings (SSSR count). The second-order valence-electron chi connectivity index (χ2n) is 10.3. The highest BCUT2D eigenvalue weighted by Gasteiger charge is 2.48. The lowest BCUT2D eigenvalue weighted by atomic mass is 9.78. The number of hydrogen-bond donors (Lipinski definition) is 1. The molecule has 3 heterocycles. The highest BCUT2D eigenvalue weighted by Crippen LogP contribution is 2.37. The summed E-state index contributed by atoms with van der Waals surface area (Å²) in [7, 11) is 1.44. The lowest BCUT2D eigenvalue weighted by molar-refractivity contribution is -0.189. The molecule has 36 heavy (non-hydrogen) atoms. The third-order valence-corrected chi connectivity index (χ3v) is 6.89. The Labute approximate surface area is 211 Å². The van der Waals surface area contributed by atoms with Gasteiger partial charge in [0.05, 0.1) is 26.9 Å². The molecule has 2 aliphatic heterocycles. The molecule has 1 amide bonds. The topological polar surface area (TPSA) is 65.0 Å². The number of aromatic nitrogens is 1.